The predicted octanol–water partition coefficient (Wildman–Crippen LogP) is 4.15. The Kier molecular flexibility index (Phi) is 6.37. The standard InChI is InChI=1S/C18H29NO2/c1-4-20-18-12-15(13-19-16-8-9-16)7-10-17(18)21-11-5-6-14(2)3/h7,10,12,14,16,19H,4-6,8-9,11,13H2,1-3H3. The van der Waals surface area contributed by atoms with E-state index in [9.17, 15) is 0 Å². The summed E-state index contributed by atoms with van der Waals surface area (Å²) in [6.07, 6.45) is 4.92. The minimum Gasteiger partial charge on any atom is -0.490 e. The second kappa shape index (κ2) is 8.28. The van der Waals surface area contributed by atoms with Gasteiger partial charge in [-0.15, -0.1) is 0 Å². The van der Waals surface area contributed by atoms with Gasteiger partial charge in [0.05, 0.1) is 13.2 Å². The van der Waals surface area contributed by atoms with Crippen LogP contribution in [0.25, 0.3) is 0 Å². The number of rotatable bonds is 10. The third kappa shape index (κ3) is 5.96. The maximum atomic E-state index is 5.89. The van der Waals surface area contributed by atoms with Gasteiger partial charge in [0.15, 0.2) is 11.5 Å². The summed E-state index contributed by atoms with van der Waals surface area (Å²) in [6.45, 7) is 8.84. The van der Waals surface area contributed by atoms with Crippen LogP contribution in [0, 0.1) is 5.92 Å². The van der Waals surface area contributed by atoms with E-state index in [0.717, 1.165) is 43.0 Å². The van der Waals surface area contributed by atoms with Crippen LogP contribution in [0.15, 0.2) is 18.2 Å². The lowest BCUT2D eigenvalue weighted by molar-refractivity contribution is 0.266. The zero-order chi connectivity index (χ0) is 15.1. The number of hydrogen-bond acceptors (Lipinski definition) is 3. The van der Waals surface area contributed by atoms with E-state index in [2.05, 4.69) is 31.3 Å². The molecular weight excluding hydrogens is 262 g/mol. The van der Waals surface area contributed by atoms with Crippen LogP contribution in [-0.4, -0.2) is 19.3 Å². The van der Waals surface area contributed by atoms with Crippen LogP contribution < -0.4 is 14.8 Å². The highest BCUT2D eigenvalue weighted by Crippen LogP contribution is 2.29. The quantitative estimate of drug-likeness (QED) is 0.657. The average Bonchev–Trinajstić information content (AvgIpc) is 3.27. The Labute approximate surface area is 129 Å². The summed E-state index contributed by atoms with van der Waals surface area (Å²) in [6, 6.07) is 7.02. The molecular formula is C18H29NO2. The second-order valence-electron chi connectivity index (χ2n) is 6.25. The van der Waals surface area contributed by atoms with Gasteiger partial charge >= 0.3 is 0 Å². The highest BCUT2D eigenvalue weighted by molar-refractivity contribution is 5.43. The summed E-state index contributed by atoms with van der Waals surface area (Å²) in [5.74, 6) is 2.48. The van der Waals surface area contributed by atoms with E-state index in [1.807, 2.05) is 13.0 Å². The zero-order valence-electron chi connectivity index (χ0n) is 13.7. The van der Waals surface area contributed by atoms with Gasteiger partial charge in [-0.2, -0.15) is 0 Å². The Bertz CT molecular complexity index is 427. The molecule has 0 amide bonds. The number of ether oxygens (including phenoxy) is 2. The molecule has 1 fully saturated rings. The maximum Gasteiger partial charge on any atom is 0.161 e. The molecule has 1 aromatic carbocycles. The van der Waals surface area contributed by atoms with Gasteiger partial charge in [0.1, 0.15) is 0 Å². The van der Waals surface area contributed by atoms with Crippen LogP contribution in [0.5, 0.6) is 11.5 Å². The molecule has 1 aromatic rings. The Morgan fingerprint density at radius 3 is 2.67 bits per heavy atom. The monoisotopic (exact) mass is 291 g/mol. The minimum absolute atomic E-state index is 0.669. The third-order valence-electron chi connectivity index (χ3n) is 3.66. The molecule has 0 saturated heterocycles. The second-order valence-corrected chi connectivity index (χ2v) is 6.25. The van der Waals surface area contributed by atoms with Gasteiger partial charge in [0, 0.05) is 12.6 Å². The van der Waals surface area contributed by atoms with E-state index in [1.54, 1.807) is 0 Å². The van der Waals surface area contributed by atoms with Crippen LogP contribution in [-0.2, 0) is 6.54 Å². The van der Waals surface area contributed by atoms with Gasteiger partial charge in [-0.25, -0.2) is 0 Å². The van der Waals surface area contributed by atoms with Gasteiger partial charge in [-0.1, -0.05) is 19.9 Å². The van der Waals surface area contributed by atoms with Crippen molar-refractivity contribution >= 4 is 0 Å². The molecule has 1 aliphatic rings. The maximum absolute atomic E-state index is 5.89. The first kappa shape index (κ1) is 16.2. The largest absolute Gasteiger partial charge is 0.490 e. The fourth-order valence-corrected chi connectivity index (χ4v) is 2.27. The van der Waals surface area contributed by atoms with Gasteiger partial charge < -0.3 is 14.8 Å². The molecule has 0 spiro atoms. The Morgan fingerprint density at radius 2 is 2.00 bits per heavy atom. The molecule has 118 valence electrons. The first-order valence-electron chi connectivity index (χ1n) is 8.31. The molecule has 1 saturated carbocycles. The van der Waals surface area contributed by atoms with Crippen molar-refractivity contribution in [1.29, 1.82) is 0 Å². The smallest absolute Gasteiger partial charge is 0.161 e. The van der Waals surface area contributed by atoms with E-state index in [-0.39, 0.29) is 0 Å². The Hall–Kier alpha value is -1.22. The molecule has 21 heavy (non-hydrogen) atoms. The first-order chi connectivity index (χ1) is 10.2. The summed E-state index contributed by atoms with van der Waals surface area (Å²) in [4.78, 5) is 0. The first-order valence-corrected chi connectivity index (χ1v) is 8.31. The summed E-state index contributed by atoms with van der Waals surface area (Å²) in [7, 11) is 0. The molecule has 0 atom stereocenters. The van der Waals surface area contributed by atoms with Gasteiger partial charge in [-0.3, -0.25) is 0 Å². The van der Waals surface area contributed by atoms with Crippen LogP contribution in [0.2, 0.25) is 0 Å². The van der Waals surface area contributed by atoms with Crippen molar-refractivity contribution < 1.29 is 9.47 Å². The summed E-state index contributed by atoms with van der Waals surface area (Å²) >= 11 is 0. The fraction of sp³-hybridized carbons (Fsp3) is 0.667. The van der Waals surface area contributed by atoms with E-state index in [1.165, 1.54) is 24.8 Å². The number of benzene rings is 1. The summed E-state index contributed by atoms with van der Waals surface area (Å²) in [5, 5.41) is 3.53. The molecule has 0 bridgehead atoms. The van der Waals surface area contributed by atoms with Crippen LogP contribution >= 0.6 is 0 Å². The summed E-state index contributed by atoms with van der Waals surface area (Å²) in [5.41, 5.74) is 1.26. The van der Waals surface area contributed by atoms with Crippen molar-refractivity contribution in [3.8, 4) is 11.5 Å². The van der Waals surface area contributed by atoms with Crippen molar-refractivity contribution in [2.24, 2.45) is 5.92 Å². The molecule has 2 rings (SSSR count). The Balaban J connectivity index is 1.88. The third-order valence-corrected chi connectivity index (χ3v) is 3.66. The average molecular weight is 291 g/mol. The van der Waals surface area contributed by atoms with Crippen LogP contribution in [0.4, 0.5) is 0 Å². The van der Waals surface area contributed by atoms with Crippen LogP contribution in [0.1, 0.15) is 52.0 Å². The molecule has 0 radical (unpaired) electrons. The van der Waals surface area contributed by atoms with Crippen LogP contribution in [0.3, 0.4) is 0 Å². The molecule has 0 unspecified atom stereocenters. The normalized spacial score (nSPS) is 14.5. The molecule has 0 aromatic heterocycles. The van der Waals surface area contributed by atoms with E-state index < -0.39 is 0 Å². The minimum atomic E-state index is 0.669. The molecule has 0 aliphatic heterocycles. The topological polar surface area (TPSA) is 30.5 Å². The SMILES string of the molecule is CCOc1cc(CNC2CC2)ccc1OCCCC(C)C. The lowest BCUT2D eigenvalue weighted by Gasteiger charge is -2.14. The number of nitrogens with one attached hydrogen (secondary N) is 1. The van der Waals surface area contributed by atoms with Crippen molar-refractivity contribution in [3.05, 3.63) is 23.8 Å². The van der Waals surface area contributed by atoms with Crippen molar-refractivity contribution in [1.82, 2.24) is 5.32 Å². The molecule has 3 nitrogen and oxygen atoms in total. The predicted molar refractivity (Wildman–Crippen MR) is 87.0 cm³/mol. The molecule has 1 N–H and O–H groups in total. The zero-order valence-corrected chi connectivity index (χ0v) is 13.7. The number of hydrogen-bond donors (Lipinski definition) is 1. The lowest BCUT2D eigenvalue weighted by atomic mass is 10.1. The molecule has 0 heterocycles. The highest BCUT2D eigenvalue weighted by Gasteiger charge is 2.20. The Morgan fingerprint density at radius 1 is 1.19 bits per heavy atom. The van der Waals surface area contributed by atoms with Crippen molar-refractivity contribution in [3.63, 3.8) is 0 Å². The fourth-order valence-electron chi connectivity index (χ4n) is 2.27. The van der Waals surface area contributed by atoms with Gasteiger partial charge in [-0.05, 0) is 56.2 Å². The van der Waals surface area contributed by atoms with E-state index in [4.69, 9.17) is 9.47 Å². The highest BCUT2D eigenvalue weighted by atomic mass is 16.5. The van der Waals surface area contributed by atoms with Gasteiger partial charge in [0.25, 0.3) is 0 Å². The molecule has 3 heteroatoms. The van der Waals surface area contributed by atoms with Crippen molar-refractivity contribution in [2.75, 3.05) is 13.2 Å². The summed E-state index contributed by atoms with van der Waals surface area (Å²) < 4.78 is 11.6. The lowest BCUT2D eigenvalue weighted by Crippen LogP contribution is -2.15. The van der Waals surface area contributed by atoms with E-state index in [0.29, 0.717) is 6.61 Å². The molecule has 1 aliphatic carbocycles. The van der Waals surface area contributed by atoms with Gasteiger partial charge in [0.2, 0.25) is 0 Å². The van der Waals surface area contributed by atoms with Crippen molar-refractivity contribution in [2.45, 2.75) is 59.0 Å². The van der Waals surface area contributed by atoms with E-state index >= 15 is 0 Å².